The summed E-state index contributed by atoms with van der Waals surface area (Å²) in [6, 6.07) is 10.5. The summed E-state index contributed by atoms with van der Waals surface area (Å²) in [6.07, 6.45) is 0.355. The van der Waals surface area contributed by atoms with Gasteiger partial charge in [-0.2, -0.15) is 0 Å². The lowest BCUT2D eigenvalue weighted by Gasteiger charge is -2.46. The molecule has 0 spiro atoms. The van der Waals surface area contributed by atoms with Crippen molar-refractivity contribution in [2.24, 2.45) is 5.92 Å². The molecule has 2 aliphatic heterocycles. The molecule has 2 aliphatic rings. The summed E-state index contributed by atoms with van der Waals surface area (Å²) in [5.74, 6) is 0.620. The van der Waals surface area contributed by atoms with E-state index in [1.54, 1.807) is 0 Å². The third-order valence-electron chi connectivity index (χ3n) is 5.65. The SMILES string of the molecule is CC1CC(=O)N(C[C@H]2CN(C(=O)OC(C)(C)C)[C@H](C)CN2Cc2ccccc2)C1. The molecule has 2 heterocycles. The molecule has 2 saturated heterocycles. The van der Waals surface area contributed by atoms with Gasteiger partial charge in [-0.25, -0.2) is 4.79 Å². The number of carbonyl (C=O) groups excluding carboxylic acids is 2. The molecule has 3 rings (SSSR count). The highest BCUT2D eigenvalue weighted by Crippen LogP contribution is 2.24. The van der Waals surface area contributed by atoms with E-state index in [-0.39, 0.29) is 24.1 Å². The summed E-state index contributed by atoms with van der Waals surface area (Å²) in [4.78, 5) is 31.4. The summed E-state index contributed by atoms with van der Waals surface area (Å²) < 4.78 is 5.65. The molecule has 0 radical (unpaired) electrons. The normalized spacial score (nSPS) is 26.1. The molecule has 29 heavy (non-hydrogen) atoms. The lowest BCUT2D eigenvalue weighted by Crippen LogP contribution is -2.61. The fourth-order valence-corrected chi connectivity index (χ4v) is 4.27. The number of hydrogen-bond acceptors (Lipinski definition) is 4. The molecular formula is C23H35N3O3. The van der Waals surface area contributed by atoms with Gasteiger partial charge in [0.05, 0.1) is 0 Å². The summed E-state index contributed by atoms with van der Waals surface area (Å²) in [5.41, 5.74) is 0.727. The zero-order valence-corrected chi connectivity index (χ0v) is 18.4. The molecule has 6 nitrogen and oxygen atoms in total. The maximum atomic E-state index is 12.8. The number of rotatable bonds is 4. The Labute approximate surface area is 174 Å². The maximum Gasteiger partial charge on any atom is 0.410 e. The summed E-state index contributed by atoms with van der Waals surface area (Å²) in [5, 5.41) is 0. The van der Waals surface area contributed by atoms with Crippen LogP contribution in [-0.2, 0) is 16.1 Å². The van der Waals surface area contributed by atoms with Crippen LogP contribution in [0.1, 0.15) is 46.6 Å². The Kier molecular flexibility index (Phi) is 6.52. The van der Waals surface area contributed by atoms with Gasteiger partial charge in [0.1, 0.15) is 5.60 Å². The Morgan fingerprint density at radius 3 is 2.38 bits per heavy atom. The van der Waals surface area contributed by atoms with Crippen LogP contribution in [0.3, 0.4) is 0 Å². The molecule has 6 heteroatoms. The minimum Gasteiger partial charge on any atom is -0.444 e. The van der Waals surface area contributed by atoms with E-state index in [0.29, 0.717) is 25.4 Å². The van der Waals surface area contributed by atoms with E-state index in [2.05, 4.69) is 43.0 Å². The highest BCUT2D eigenvalue weighted by atomic mass is 16.6. The minimum absolute atomic E-state index is 0.0537. The first-order chi connectivity index (χ1) is 13.6. The van der Waals surface area contributed by atoms with Crippen LogP contribution in [0.15, 0.2) is 30.3 Å². The second-order valence-corrected chi connectivity index (χ2v) is 9.66. The average molecular weight is 402 g/mol. The van der Waals surface area contributed by atoms with Gasteiger partial charge in [-0.1, -0.05) is 37.3 Å². The second kappa shape index (κ2) is 8.74. The quantitative estimate of drug-likeness (QED) is 0.776. The average Bonchev–Trinajstić information content (AvgIpc) is 2.93. The molecule has 1 aromatic rings. The maximum absolute atomic E-state index is 12.8. The van der Waals surface area contributed by atoms with Crippen LogP contribution in [-0.4, -0.2) is 70.6 Å². The smallest absolute Gasteiger partial charge is 0.410 e. The largest absolute Gasteiger partial charge is 0.444 e. The van der Waals surface area contributed by atoms with Gasteiger partial charge in [-0.15, -0.1) is 0 Å². The van der Waals surface area contributed by atoms with Crippen LogP contribution in [0.25, 0.3) is 0 Å². The first kappa shape index (κ1) is 21.6. The molecule has 1 unspecified atom stereocenters. The molecule has 2 amide bonds. The van der Waals surface area contributed by atoms with E-state index >= 15 is 0 Å². The number of nitrogens with zero attached hydrogens (tertiary/aromatic N) is 3. The number of benzene rings is 1. The van der Waals surface area contributed by atoms with Gasteiger partial charge in [0.25, 0.3) is 0 Å². The van der Waals surface area contributed by atoms with Crippen molar-refractivity contribution in [2.45, 2.75) is 65.3 Å². The molecule has 0 saturated carbocycles. The molecule has 1 aromatic carbocycles. The van der Waals surface area contributed by atoms with E-state index in [1.807, 2.05) is 36.6 Å². The van der Waals surface area contributed by atoms with Crippen molar-refractivity contribution >= 4 is 12.0 Å². The van der Waals surface area contributed by atoms with Crippen molar-refractivity contribution in [3.8, 4) is 0 Å². The molecule has 0 bridgehead atoms. The van der Waals surface area contributed by atoms with E-state index in [0.717, 1.165) is 19.6 Å². The lowest BCUT2D eigenvalue weighted by atomic mass is 10.1. The first-order valence-corrected chi connectivity index (χ1v) is 10.7. The molecule has 160 valence electrons. The van der Waals surface area contributed by atoms with Crippen LogP contribution < -0.4 is 0 Å². The Bertz CT molecular complexity index is 716. The van der Waals surface area contributed by atoms with Crippen LogP contribution in [0.2, 0.25) is 0 Å². The fraction of sp³-hybridized carbons (Fsp3) is 0.652. The van der Waals surface area contributed by atoms with Crippen LogP contribution in [0.5, 0.6) is 0 Å². The zero-order valence-electron chi connectivity index (χ0n) is 18.4. The Hall–Kier alpha value is -2.08. The number of amides is 2. The standard InChI is InChI=1S/C23H35N3O3/c1-17-11-21(27)25(12-17)15-20-16-26(22(28)29-23(3,4)5)18(2)13-24(20)14-19-9-7-6-8-10-19/h6-10,17-18,20H,11-16H2,1-5H3/t17?,18-,20+/m1/s1. The Morgan fingerprint density at radius 1 is 1.10 bits per heavy atom. The van der Waals surface area contributed by atoms with Gasteiger partial charge in [-0.3, -0.25) is 9.69 Å². The van der Waals surface area contributed by atoms with Gasteiger partial charge in [-0.05, 0) is 39.2 Å². The van der Waals surface area contributed by atoms with Crippen molar-refractivity contribution in [2.75, 3.05) is 26.2 Å². The molecule has 0 aliphatic carbocycles. The molecular weight excluding hydrogens is 366 g/mol. The lowest BCUT2D eigenvalue weighted by molar-refractivity contribution is -0.128. The topological polar surface area (TPSA) is 53.1 Å². The highest BCUT2D eigenvalue weighted by Gasteiger charge is 2.38. The van der Waals surface area contributed by atoms with E-state index < -0.39 is 5.60 Å². The van der Waals surface area contributed by atoms with Crippen molar-refractivity contribution in [1.29, 1.82) is 0 Å². The number of ether oxygens (including phenoxy) is 1. The molecule has 0 aromatic heterocycles. The minimum atomic E-state index is -0.520. The highest BCUT2D eigenvalue weighted by molar-refractivity contribution is 5.78. The predicted octanol–water partition coefficient (Wildman–Crippen LogP) is 3.36. The van der Waals surface area contributed by atoms with Gasteiger partial charge in [0, 0.05) is 51.2 Å². The third kappa shape index (κ3) is 5.72. The predicted molar refractivity (Wildman–Crippen MR) is 113 cm³/mol. The van der Waals surface area contributed by atoms with Crippen LogP contribution >= 0.6 is 0 Å². The van der Waals surface area contributed by atoms with Crippen molar-refractivity contribution < 1.29 is 14.3 Å². The number of piperazine rings is 1. The van der Waals surface area contributed by atoms with E-state index in [9.17, 15) is 9.59 Å². The van der Waals surface area contributed by atoms with Gasteiger partial charge < -0.3 is 14.5 Å². The molecule has 0 N–H and O–H groups in total. The van der Waals surface area contributed by atoms with Crippen LogP contribution in [0, 0.1) is 5.92 Å². The number of hydrogen-bond donors (Lipinski definition) is 0. The fourth-order valence-electron chi connectivity index (χ4n) is 4.27. The summed E-state index contributed by atoms with van der Waals surface area (Å²) in [6.45, 7) is 13.5. The van der Waals surface area contributed by atoms with Crippen LogP contribution in [0.4, 0.5) is 4.79 Å². The van der Waals surface area contributed by atoms with Crippen molar-refractivity contribution in [3.05, 3.63) is 35.9 Å². The summed E-state index contributed by atoms with van der Waals surface area (Å²) in [7, 11) is 0. The van der Waals surface area contributed by atoms with E-state index in [1.165, 1.54) is 5.56 Å². The van der Waals surface area contributed by atoms with Crippen molar-refractivity contribution in [3.63, 3.8) is 0 Å². The second-order valence-electron chi connectivity index (χ2n) is 9.66. The van der Waals surface area contributed by atoms with Crippen molar-refractivity contribution in [1.82, 2.24) is 14.7 Å². The zero-order chi connectivity index (χ0) is 21.2. The Morgan fingerprint density at radius 2 is 1.79 bits per heavy atom. The van der Waals surface area contributed by atoms with Gasteiger partial charge >= 0.3 is 6.09 Å². The third-order valence-corrected chi connectivity index (χ3v) is 5.65. The van der Waals surface area contributed by atoms with E-state index in [4.69, 9.17) is 4.74 Å². The van der Waals surface area contributed by atoms with Gasteiger partial charge in [0.15, 0.2) is 0 Å². The monoisotopic (exact) mass is 401 g/mol. The first-order valence-electron chi connectivity index (χ1n) is 10.7. The Balaban J connectivity index is 1.76. The summed E-state index contributed by atoms with van der Waals surface area (Å²) >= 11 is 0. The molecule has 2 fully saturated rings. The molecule has 3 atom stereocenters. The number of carbonyl (C=O) groups is 2. The number of likely N-dealkylation sites (tertiary alicyclic amines) is 1. The van der Waals surface area contributed by atoms with Gasteiger partial charge in [0.2, 0.25) is 5.91 Å².